The maximum Gasteiger partial charge on any atom is 0.244 e. The van der Waals surface area contributed by atoms with Crippen LogP contribution >= 0.6 is 0 Å². The summed E-state index contributed by atoms with van der Waals surface area (Å²) in [5.41, 5.74) is 1.17. The first kappa shape index (κ1) is 27.3. The van der Waals surface area contributed by atoms with Crippen molar-refractivity contribution in [2.45, 2.75) is 39.7 Å². The number of nitrogens with one attached hydrogen (secondary N) is 1. The van der Waals surface area contributed by atoms with Gasteiger partial charge in [0.1, 0.15) is 18.4 Å². The molecule has 2 aromatic rings. The van der Waals surface area contributed by atoms with Crippen molar-refractivity contribution in [1.29, 1.82) is 0 Å². The summed E-state index contributed by atoms with van der Waals surface area (Å²) < 4.78 is 39.3. The Labute approximate surface area is 202 Å². The largest absolute Gasteiger partial charge is 0.354 e. The number of hydrogen-bond acceptors (Lipinski definition) is 4. The summed E-state index contributed by atoms with van der Waals surface area (Å²) in [6.45, 7) is 6.00. The first-order valence-electron chi connectivity index (χ1n) is 11.4. The van der Waals surface area contributed by atoms with E-state index in [9.17, 15) is 22.4 Å². The quantitative estimate of drug-likeness (QED) is 0.494. The van der Waals surface area contributed by atoms with Crippen molar-refractivity contribution in [2.24, 2.45) is 5.92 Å². The van der Waals surface area contributed by atoms with Crippen molar-refractivity contribution >= 4 is 27.5 Å². The van der Waals surface area contributed by atoms with E-state index in [-0.39, 0.29) is 24.1 Å². The molecule has 0 spiro atoms. The number of amides is 2. The highest BCUT2D eigenvalue weighted by molar-refractivity contribution is 7.92. The van der Waals surface area contributed by atoms with Gasteiger partial charge in [-0.25, -0.2) is 12.8 Å². The molecular weight excluding hydrogens is 457 g/mol. The van der Waals surface area contributed by atoms with Crippen molar-refractivity contribution in [3.05, 3.63) is 66.0 Å². The molecule has 0 radical (unpaired) electrons. The fourth-order valence-electron chi connectivity index (χ4n) is 3.54. The number of sulfonamides is 1. The van der Waals surface area contributed by atoms with E-state index in [0.29, 0.717) is 19.4 Å². The highest BCUT2D eigenvalue weighted by atomic mass is 32.2. The molecule has 2 aromatic carbocycles. The molecule has 1 atom stereocenters. The third-order valence-corrected chi connectivity index (χ3v) is 6.49. The predicted octanol–water partition coefficient (Wildman–Crippen LogP) is 3.21. The van der Waals surface area contributed by atoms with E-state index in [4.69, 9.17) is 0 Å². The Balaban J connectivity index is 2.32. The summed E-state index contributed by atoms with van der Waals surface area (Å²) in [5.74, 6) is -1.04. The van der Waals surface area contributed by atoms with Gasteiger partial charge in [-0.3, -0.25) is 13.9 Å². The Kier molecular flexibility index (Phi) is 10.0. The molecule has 0 unspecified atom stereocenters. The lowest BCUT2D eigenvalue weighted by molar-refractivity contribution is -0.139. The summed E-state index contributed by atoms with van der Waals surface area (Å²) in [6, 6.07) is 13.7. The Morgan fingerprint density at radius 2 is 1.65 bits per heavy atom. The minimum absolute atomic E-state index is 0.178. The van der Waals surface area contributed by atoms with Crippen molar-refractivity contribution in [1.82, 2.24) is 10.2 Å². The molecule has 0 fully saturated rings. The Bertz CT molecular complexity index is 1040. The van der Waals surface area contributed by atoms with Crippen LogP contribution in [0.3, 0.4) is 0 Å². The molecular formula is C25H34FN3O4S. The van der Waals surface area contributed by atoms with Crippen molar-refractivity contribution in [2.75, 3.05) is 30.2 Å². The standard InChI is InChI=1S/C25H34FN3O4S/c1-5-23(25(31)27-17-19(2)3)28(16-15-20-9-7-6-8-10-20)24(30)18-29(34(4,32)33)22-13-11-21(26)12-14-22/h6-14,19,23H,5,15-18H2,1-4H3,(H,27,31)/t23-/m0/s1. The number of nitrogens with zero attached hydrogens (tertiary/aromatic N) is 2. The molecule has 0 aliphatic rings. The molecule has 1 N–H and O–H groups in total. The lowest BCUT2D eigenvalue weighted by Crippen LogP contribution is -2.53. The minimum atomic E-state index is -3.84. The molecule has 2 amide bonds. The van der Waals surface area contributed by atoms with Crippen LogP contribution in [0.1, 0.15) is 32.8 Å². The zero-order valence-electron chi connectivity index (χ0n) is 20.2. The van der Waals surface area contributed by atoms with Gasteiger partial charge in [0.05, 0.1) is 11.9 Å². The zero-order chi connectivity index (χ0) is 25.3. The van der Waals surface area contributed by atoms with Crippen molar-refractivity contribution in [3.63, 3.8) is 0 Å². The second-order valence-electron chi connectivity index (χ2n) is 8.63. The van der Waals surface area contributed by atoms with Gasteiger partial charge in [0.15, 0.2) is 0 Å². The number of benzene rings is 2. The lowest BCUT2D eigenvalue weighted by atomic mass is 10.1. The molecule has 0 bridgehead atoms. The van der Waals surface area contributed by atoms with E-state index < -0.39 is 34.3 Å². The summed E-state index contributed by atoms with van der Waals surface area (Å²) in [5, 5.41) is 2.88. The van der Waals surface area contributed by atoms with Gasteiger partial charge < -0.3 is 10.2 Å². The number of rotatable bonds is 12. The fraction of sp³-hybridized carbons (Fsp3) is 0.440. The molecule has 2 rings (SSSR count). The maximum atomic E-state index is 13.5. The number of carbonyl (C=O) groups excluding carboxylic acids is 2. The molecule has 9 heteroatoms. The van der Waals surface area contributed by atoms with E-state index in [2.05, 4.69) is 5.32 Å². The Morgan fingerprint density at radius 3 is 2.18 bits per heavy atom. The molecule has 0 saturated carbocycles. The Morgan fingerprint density at radius 1 is 1.03 bits per heavy atom. The monoisotopic (exact) mass is 491 g/mol. The molecule has 0 aliphatic heterocycles. The van der Waals surface area contributed by atoms with Crippen LogP contribution in [0.2, 0.25) is 0 Å². The molecule has 0 aliphatic carbocycles. The van der Waals surface area contributed by atoms with Crippen LogP contribution < -0.4 is 9.62 Å². The van der Waals surface area contributed by atoms with Crippen molar-refractivity contribution < 1.29 is 22.4 Å². The van der Waals surface area contributed by atoms with Crippen LogP contribution in [-0.4, -0.2) is 57.1 Å². The van der Waals surface area contributed by atoms with E-state index in [0.717, 1.165) is 28.3 Å². The lowest BCUT2D eigenvalue weighted by Gasteiger charge is -2.33. The van der Waals surface area contributed by atoms with Gasteiger partial charge in [-0.15, -0.1) is 0 Å². The first-order chi connectivity index (χ1) is 16.0. The summed E-state index contributed by atoms with van der Waals surface area (Å²) in [4.78, 5) is 27.9. The van der Waals surface area contributed by atoms with Crippen LogP contribution in [0, 0.1) is 11.7 Å². The topological polar surface area (TPSA) is 86.8 Å². The molecule has 0 aromatic heterocycles. The maximum absolute atomic E-state index is 13.5. The number of anilines is 1. The molecule has 34 heavy (non-hydrogen) atoms. The summed E-state index contributed by atoms with van der Waals surface area (Å²) in [7, 11) is -3.84. The van der Waals surface area contributed by atoms with Gasteiger partial charge in [-0.1, -0.05) is 51.1 Å². The van der Waals surface area contributed by atoms with Crippen molar-refractivity contribution in [3.8, 4) is 0 Å². The average molecular weight is 492 g/mol. The SMILES string of the molecule is CC[C@@H](C(=O)NCC(C)C)N(CCc1ccccc1)C(=O)CN(c1ccc(F)cc1)S(C)(=O)=O. The predicted molar refractivity (Wildman–Crippen MR) is 132 cm³/mol. The van der Waals surface area contributed by atoms with Gasteiger partial charge in [-0.2, -0.15) is 0 Å². The third-order valence-electron chi connectivity index (χ3n) is 5.35. The third kappa shape index (κ3) is 8.13. The van der Waals surface area contributed by atoms with Crippen LogP contribution in [0.4, 0.5) is 10.1 Å². The second-order valence-corrected chi connectivity index (χ2v) is 10.5. The molecule has 0 saturated heterocycles. The highest BCUT2D eigenvalue weighted by Gasteiger charge is 2.31. The number of carbonyl (C=O) groups is 2. The summed E-state index contributed by atoms with van der Waals surface area (Å²) in [6.07, 6.45) is 1.88. The number of halogens is 1. The van der Waals surface area contributed by atoms with E-state index in [1.54, 1.807) is 0 Å². The van der Waals surface area contributed by atoms with Crippen LogP contribution in [0.5, 0.6) is 0 Å². The van der Waals surface area contributed by atoms with Gasteiger partial charge in [0.25, 0.3) is 0 Å². The van der Waals surface area contributed by atoms with Gasteiger partial charge in [-0.05, 0) is 48.6 Å². The zero-order valence-corrected chi connectivity index (χ0v) is 21.0. The van der Waals surface area contributed by atoms with Gasteiger partial charge in [0.2, 0.25) is 21.8 Å². The smallest absolute Gasteiger partial charge is 0.244 e. The second kappa shape index (κ2) is 12.5. The van der Waals surface area contributed by atoms with E-state index >= 15 is 0 Å². The van der Waals surface area contributed by atoms with E-state index in [1.807, 2.05) is 51.1 Å². The highest BCUT2D eigenvalue weighted by Crippen LogP contribution is 2.19. The summed E-state index contributed by atoms with van der Waals surface area (Å²) >= 11 is 0. The van der Waals surface area contributed by atoms with Crippen LogP contribution in [-0.2, 0) is 26.0 Å². The van der Waals surface area contributed by atoms with Gasteiger partial charge >= 0.3 is 0 Å². The van der Waals surface area contributed by atoms with Crippen LogP contribution in [0.15, 0.2) is 54.6 Å². The Hall–Kier alpha value is -2.94. The average Bonchev–Trinajstić information content (AvgIpc) is 2.79. The normalized spacial score (nSPS) is 12.3. The first-order valence-corrected chi connectivity index (χ1v) is 13.2. The molecule has 7 nitrogen and oxygen atoms in total. The van der Waals surface area contributed by atoms with Crippen LogP contribution in [0.25, 0.3) is 0 Å². The minimum Gasteiger partial charge on any atom is -0.354 e. The number of hydrogen-bond donors (Lipinski definition) is 1. The van der Waals surface area contributed by atoms with E-state index in [1.165, 1.54) is 17.0 Å². The molecule has 186 valence electrons. The fourth-order valence-corrected chi connectivity index (χ4v) is 4.39. The van der Waals surface area contributed by atoms with Gasteiger partial charge in [0, 0.05) is 13.1 Å². The molecule has 0 heterocycles.